The standard InChI is InChI=1S/C4H5IO4.BH2O3.Na/c5-1-2-9-4(8)3(6)7;2-1(3)4;/h1-2H2,(H,6,7);2-3H;/q;-1;+1. The van der Waals surface area contributed by atoms with E-state index in [2.05, 4.69) is 4.74 Å². The van der Waals surface area contributed by atoms with E-state index in [-0.39, 0.29) is 36.2 Å². The summed E-state index contributed by atoms with van der Waals surface area (Å²) in [4.78, 5) is 19.8. The van der Waals surface area contributed by atoms with Gasteiger partial charge in [-0.05, 0) is 0 Å². The number of esters is 1. The van der Waals surface area contributed by atoms with Crippen molar-refractivity contribution in [2.24, 2.45) is 0 Å². The second kappa shape index (κ2) is 13.6. The fourth-order valence-corrected chi connectivity index (χ4v) is 0.413. The predicted molar refractivity (Wildman–Crippen MR) is 47.7 cm³/mol. The molecule has 7 nitrogen and oxygen atoms in total. The molecule has 0 bridgehead atoms. The Hall–Kier alpha value is 0.615. The van der Waals surface area contributed by atoms with Crippen LogP contribution in [0.5, 0.6) is 0 Å². The number of halogens is 1. The van der Waals surface area contributed by atoms with Crippen LogP contribution >= 0.6 is 22.6 Å². The number of hydrogen-bond donors (Lipinski definition) is 3. The summed E-state index contributed by atoms with van der Waals surface area (Å²) < 4.78 is 4.81. The van der Waals surface area contributed by atoms with Crippen molar-refractivity contribution < 1.29 is 64.1 Å². The monoisotopic (exact) mass is 328 g/mol. The maximum absolute atomic E-state index is 10.1. The van der Waals surface area contributed by atoms with Gasteiger partial charge in [-0.2, -0.15) is 0 Å². The minimum atomic E-state index is -2.42. The van der Waals surface area contributed by atoms with E-state index in [0.717, 1.165) is 0 Å². The Kier molecular flexibility index (Phi) is 19.5. The van der Waals surface area contributed by atoms with Crippen LogP contribution in [0.15, 0.2) is 0 Å². The molecule has 0 atom stereocenters. The summed E-state index contributed by atoms with van der Waals surface area (Å²) >= 11 is 1.97. The maximum Gasteiger partial charge on any atom is 1.00 e. The van der Waals surface area contributed by atoms with Gasteiger partial charge >= 0.3 is 48.8 Å². The van der Waals surface area contributed by atoms with Crippen LogP contribution < -0.4 is 34.6 Å². The Morgan fingerprint density at radius 3 is 2.00 bits per heavy atom. The van der Waals surface area contributed by atoms with Gasteiger partial charge in [0.1, 0.15) is 6.61 Å². The molecule has 0 aromatic carbocycles. The average molecular weight is 328 g/mol. The van der Waals surface area contributed by atoms with Crippen LogP contribution in [0.4, 0.5) is 0 Å². The van der Waals surface area contributed by atoms with Crippen molar-refractivity contribution in [3.63, 3.8) is 0 Å². The maximum atomic E-state index is 10.1. The molecule has 0 aliphatic heterocycles. The number of carboxylic acid groups (broad SMARTS) is 1. The molecule has 0 aromatic heterocycles. The molecule has 0 fully saturated rings. The molecule has 0 aliphatic rings. The third-order valence-electron chi connectivity index (χ3n) is 0.485. The van der Waals surface area contributed by atoms with Gasteiger partial charge in [-0.25, -0.2) is 9.59 Å². The average Bonchev–Trinajstić information content (AvgIpc) is 1.98. The van der Waals surface area contributed by atoms with E-state index in [1.54, 1.807) is 0 Å². The molecule has 0 rings (SSSR count). The predicted octanol–water partition coefficient (Wildman–Crippen LogP) is -5.63. The van der Waals surface area contributed by atoms with Crippen molar-refractivity contribution in [2.75, 3.05) is 11.0 Å². The minimum Gasteiger partial charge on any atom is -0.832 e. The van der Waals surface area contributed by atoms with Gasteiger partial charge in [-0.1, -0.05) is 22.6 Å². The molecule has 0 radical (unpaired) electrons. The number of rotatable bonds is 2. The number of carboxylic acids is 1. The number of aliphatic carboxylic acids is 1. The van der Waals surface area contributed by atoms with Gasteiger partial charge in [-0.15, -0.1) is 0 Å². The normalized spacial score (nSPS) is 7.43. The molecule has 0 saturated carbocycles. The van der Waals surface area contributed by atoms with Gasteiger partial charge in [0.15, 0.2) is 0 Å². The van der Waals surface area contributed by atoms with Crippen molar-refractivity contribution >= 4 is 41.9 Å². The molecule has 14 heavy (non-hydrogen) atoms. The van der Waals surface area contributed by atoms with E-state index in [0.29, 0.717) is 4.43 Å². The molecule has 0 aliphatic carbocycles. The van der Waals surface area contributed by atoms with E-state index in [4.69, 9.17) is 20.2 Å². The van der Waals surface area contributed by atoms with Crippen LogP contribution in [-0.4, -0.2) is 45.4 Å². The van der Waals surface area contributed by atoms with E-state index >= 15 is 0 Å². The van der Waals surface area contributed by atoms with Crippen LogP contribution in [-0.2, 0) is 14.3 Å². The smallest absolute Gasteiger partial charge is 0.832 e. The number of carbonyl (C=O) groups excluding carboxylic acids is 1. The summed E-state index contributed by atoms with van der Waals surface area (Å²) in [7, 11) is -2.42. The first kappa shape index (κ1) is 20.1. The molecule has 0 heterocycles. The molecule has 76 valence electrons. The quantitative estimate of drug-likeness (QED) is 0.152. The van der Waals surface area contributed by atoms with Crippen molar-refractivity contribution in [3.05, 3.63) is 0 Å². The van der Waals surface area contributed by atoms with Crippen LogP contribution in [0.2, 0.25) is 0 Å². The van der Waals surface area contributed by atoms with Gasteiger partial charge in [0.05, 0.1) is 0 Å². The van der Waals surface area contributed by atoms with Crippen molar-refractivity contribution in [3.8, 4) is 0 Å². The zero-order valence-corrected chi connectivity index (χ0v) is 11.5. The first-order valence-electron chi connectivity index (χ1n) is 2.89. The van der Waals surface area contributed by atoms with Crippen molar-refractivity contribution in [1.82, 2.24) is 0 Å². The Morgan fingerprint density at radius 2 is 1.79 bits per heavy atom. The second-order valence-electron chi connectivity index (χ2n) is 1.46. The van der Waals surface area contributed by atoms with Gasteiger partial charge in [-0.3, -0.25) is 0 Å². The second-order valence-corrected chi connectivity index (χ2v) is 2.54. The summed E-state index contributed by atoms with van der Waals surface area (Å²) in [6.07, 6.45) is 0. The third-order valence-corrected chi connectivity index (χ3v) is 0.925. The van der Waals surface area contributed by atoms with E-state index in [9.17, 15) is 9.59 Å². The fraction of sp³-hybridized carbons (Fsp3) is 0.500. The van der Waals surface area contributed by atoms with Crippen molar-refractivity contribution in [2.45, 2.75) is 0 Å². The first-order chi connectivity index (χ1) is 5.91. The van der Waals surface area contributed by atoms with Crippen LogP contribution in [0.1, 0.15) is 0 Å². The largest absolute Gasteiger partial charge is 1.00 e. The minimum absolute atomic E-state index is 0. The van der Waals surface area contributed by atoms with Crippen LogP contribution in [0, 0.1) is 0 Å². The summed E-state index contributed by atoms with van der Waals surface area (Å²) in [5, 5.41) is 30.7. The molecule has 0 saturated heterocycles. The Balaban J connectivity index is -0.000000209. The van der Waals surface area contributed by atoms with Gasteiger partial charge in [0, 0.05) is 4.43 Å². The third kappa shape index (κ3) is 22.9. The van der Waals surface area contributed by atoms with Crippen LogP contribution in [0.3, 0.4) is 0 Å². The zero-order valence-electron chi connectivity index (χ0n) is 7.34. The SMILES string of the molecule is O=C(O)C(=O)OCCI.[Na+].[O-]B(O)O. The molecule has 3 N–H and O–H groups in total. The van der Waals surface area contributed by atoms with E-state index in [1.165, 1.54) is 0 Å². The van der Waals surface area contributed by atoms with Gasteiger partial charge in [0.2, 0.25) is 0 Å². The fourth-order valence-electron chi connectivity index (χ4n) is 0.193. The van der Waals surface area contributed by atoms with Crippen molar-refractivity contribution in [1.29, 1.82) is 0 Å². The van der Waals surface area contributed by atoms with E-state index in [1.807, 2.05) is 22.6 Å². The number of carbonyl (C=O) groups is 2. The molecule has 0 amide bonds. The molecular formula is C4H7BINaO7. The topological polar surface area (TPSA) is 127 Å². The van der Waals surface area contributed by atoms with Gasteiger partial charge in [0.25, 0.3) is 0 Å². The zero-order chi connectivity index (χ0) is 10.9. The van der Waals surface area contributed by atoms with Gasteiger partial charge < -0.3 is 24.9 Å². The molecular weight excluding hydrogens is 321 g/mol. The summed E-state index contributed by atoms with van der Waals surface area (Å²) in [6, 6.07) is 0. The molecule has 0 aromatic rings. The number of hydrogen-bond acceptors (Lipinski definition) is 6. The molecule has 0 spiro atoms. The summed E-state index contributed by atoms with van der Waals surface area (Å²) in [5.74, 6) is -2.73. The summed E-state index contributed by atoms with van der Waals surface area (Å²) in [5.41, 5.74) is 0. The number of ether oxygens (including phenoxy) is 1. The summed E-state index contributed by atoms with van der Waals surface area (Å²) in [6.45, 7) is 0.158. The Morgan fingerprint density at radius 1 is 1.43 bits per heavy atom. The van der Waals surface area contributed by atoms with Crippen LogP contribution in [0.25, 0.3) is 0 Å². The Bertz CT molecular complexity index is 163. The first-order valence-corrected chi connectivity index (χ1v) is 4.42. The molecule has 10 heteroatoms. The number of alkyl halides is 1. The molecule has 0 unspecified atom stereocenters. The Labute approximate surface area is 116 Å². The van der Waals surface area contributed by atoms with E-state index < -0.39 is 19.3 Å².